The maximum absolute atomic E-state index is 13.3. The summed E-state index contributed by atoms with van der Waals surface area (Å²) in [6.07, 6.45) is 3.61. The highest BCUT2D eigenvalue weighted by Gasteiger charge is 2.55. The summed E-state index contributed by atoms with van der Waals surface area (Å²) < 4.78 is 53.3. The van der Waals surface area contributed by atoms with Gasteiger partial charge in [-0.1, -0.05) is 11.6 Å². The van der Waals surface area contributed by atoms with Crippen LogP contribution in [0.15, 0.2) is 12.4 Å². The summed E-state index contributed by atoms with van der Waals surface area (Å²) in [7, 11) is 0. The van der Waals surface area contributed by atoms with Crippen LogP contribution in [-0.2, 0) is 11.3 Å². The highest BCUT2D eigenvalue weighted by Crippen LogP contribution is 2.51. The van der Waals surface area contributed by atoms with Crippen LogP contribution in [0, 0.1) is 18.3 Å². The molecule has 1 unspecified atom stereocenters. The van der Waals surface area contributed by atoms with Gasteiger partial charge in [-0.15, -0.1) is 0 Å². The van der Waals surface area contributed by atoms with Crippen molar-refractivity contribution in [3.63, 3.8) is 0 Å². The molecule has 0 aromatic carbocycles. The molecule has 1 spiro atoms. The van der Waals surface area contributed by atoms with Crippen LogP contribution in [0.3, 0.4) is 0 Å². The third-order valence-corrected chi connectivity index (χ3v) is 8.25. The fourth-order valence-corrected chi connectivity index (χ4v) is 6.36. The number of nitrogens with one attached hydrogen (secondary N) is 1. The lowest BCUT2D eigenvalue weighted by Gasteiger charge is -2.61. The Bertz CT molecular complexity index is 1030. The van der Waals surface area contributed by atoms with Crippen molar-refractivity contribution < 1.29 is 17.5 Å². The molecule has 3 aliphatic rings. The summed E-state index contributed by atoms with van der Waals surface area (Å²) in [5, 5.41) is 4.76. The molecule has 12 heteroatoms. The van der Waals surface area contributed by atoms with Gasteiger partial charge in [0.05, 0.1) is 0 Å². The van der Waals surface area contributed by atoms with E-state index in [9.17, 15) is 17.5 Å². The fraction of sp³-hybridized carbons (Fsp3) is 0.700. The van der Waals surface area contributed by atoms with Gasteiger partial charge in [-0.3, -0.25) is 4.21 Å². The molecule has 2 saturated carbocycles. The largest absolute Gasteiger partial charge is 0.759 e. The lowest BCUT2D eigenvalue weighted by Crippen LogP contribution is -2.68. The van der Waals surface area contributed by atoms with Gasteiger partial charge >= 0.3 is 0 Å². The van der Waals surface area contributed by atoms with Crippen LogP contribution in [0.1, 0.15) is 44.1 Å². The van der Waals surface area contributed by atoms with E-state index in [1.807, 2.05) is 13.0 Å². The van der Waals surface area contributed by atoms with Gasteiger partial charge in [0.2, 0.25) is 5.92 Å². The molecule has 2 aromatic heterocycles. The van der Waals surface area contributed by atoms with Crippen molar-refractivity contribution in [2.24, 2.45) is 11.3 Å². The number of hydrogen-bond acceptors (Lipinski definition) is 6. The minimum atomic E-state index is -2.58. The van der Waals surface area contributed by atoms with Crippen LogP contribution in [-0.4, -0.2) is 59.4 Å². The molecule has 1 aliphatic heterocycles. The van der Waals surface area contributed by atoms with Gasteiger partial charge in [0.1, 0.15) is 17.0 Å². The minimum absolute atomic E-state index is 0.0725. The van der Waals surface area contributed by atoms with Gasteiger partial charge in [0, 0.05) is 55.2 Å². The zero-order valence-corrected chi connectivity index (χ0v) is 19.3. The summed E-state index contributed by atoms with van der Waals surface area (Å²) in [6.45, 7) is 3.99. The first-order chi connectivity index (χ1) is 15.2. The lowest BCUT2D eigenvalue weighted by atomic mass is 9.61. The average Bonchev–Trinajstić information content (AvgIpc) is 2.97. The van der Waals surface area contributed by atoms with Crippen molar-refractivity contribution in [3.8, 4) is 0 Å². The van der Waals surface area contributed by atoms with Gasteiger partial charge in [-0.25, -0.2) is 23.7 Å². The van der Waals surface area contributed by atoms with E-state index in [-0.39, 0.29) is 30.2 Å². The molecule has 3 fully saturated rings. The first-order valence-electron chi connectivity index (χ1n) is 10.9. The number of nitrogens with zero attached hydrogens (tertiary/aromatic N) is 5. The van der Waals surface area contributed by atoms with E-state index in [1.54, 1.807) is 4.52 Å². The zero-order chi connectivity index (χ0) is 22.7. The Labute approximate surface area is 192 Å². The zero-order valence-electron chi connectivity index (χ0n) is 17.8. The molecule has 2 aromatic rings. The first-order valence-corrected chi connectivity index (χ1v) is 12.3. The van der Waals surface area contributed by atoms with Crippen molar-refractivity contribution >= 4 is 34.2 Å². The van der Waals surface area contributed by atoms with E-state index in [1.165, 1.54) is 10.7 Å². The van der Waals surface area contributed by atoms with Gasteiger partial charge < -0.3 is 9.45 Å². The van der Waals surface area contributed by atoms with E-state index in [0.717, 1.165) is 42.8 Å². The van der Waals surface area contributed by atoms with Crippen LogP contribution in [0.5, 0.6) is 0 Å². The molecule has 2 aliphatic carbocycles. The molecule has 5 rings (SSSR count). The van der Waals surface area contributed by atoms with Gasteiger partial charge in [-0.05, 0) is 50.2 Å². The molecule has 0 amide bonds. The lowest BCUT2D eigenvalue weighted by molar-refractivity contribution is -0.0491. The van der Waals surface area contributed by atoms with E-state index in [4.69, 9.17) is 11.6 Å². The van der Waals surface area contributed by atoms with Crippen molar-refractivity contribution in [3.05, 3.63) is 23.1 Å². The topological polar surface area (TPSA) is 88.8 Å². The number of alkyl halides is 2. The summed E-state index contributed by atoms with van der Waals surface area (Å²) >= 11 is 3.84. The molecule has 1 saturated heterocycles. The molecule has 3 heterocycles. The monoisotopic (exact) mass is 487 g/mol. The number of rotatable bonds is 6. The van der Waals surface area contributed by atoms with E-state index in [2.05, 4.69) is 20.4 Å². The van der Waals surface area contributed by atoms with E-state index in [0.29, 0.717) is 24.5 Å². The number of halogens is 3. The Kier molecular flexibility index (Phi) is 5.68. The normalized spacial score (nSPS) is 24.1. The van der Waals surface area contributed by atoms with Crippen molar-refractivity contribution in [2.45, 2.75) is 57.4 Å². The second-order valence-corrected chi connectivity index (χ2v) is 10.8. The Morgan fingerprint density at radius 3 is 2.69 bits per heavy atom. The average molecular weight is 488 g/mol. The smallest absolute Gasteiger partial charge is 0.248 e. The minimum Gasteiger partial charge on any atom is -0.759 e. The van der Waals surface area contributed by atoms with E-state index < -0.39 is 17.2 Å². The van der Waals surface area contributed by atoms with Crippen molar-refractivity contribution in [1.82, 2.24) is 24.4 Å². The fourth-order valence-electron chi connectivity index (χ4n) is 5.49. The Balaban J connectivity index is 1.17. The Morgan fingerprint density at radius 2 is 2.03 bits per heavy atom. The first kappa shape index (κ1) is 22.4. The molecule has 1 atom stereocenters. The highest BCUT2D eigenvalue weighted by molar-refractivity contribution is 7.76. The molecule has 176 valence electrons. The summed E-state index contributed by atoms with van der Waals surface area (Å²) in [6, 6.07) is 1.75. The highest BCUT2D eigenvalue weighted by atomic mass is 35.5. The van der Waals surface area contributed by atoms with Crippen LogP contribution in [0.4, 0.5) is 14.6 Å². The second-order valence-electron chi connectivity index (χ2n) is 9.62. The van der Waals surface area contributed by atoms with E-state index >= 15 is 0 Å². The van der Waals surface area contributed by atoms with Crippen molar-refractivity contribution in [2.75, 3.05) is 24.5 Å². The number of aryl methyl sites for hydroxylation is 1. The molecule has 0 radical (unpaired) electrons. The number of fused-ring (bicyclic) bond motifs is 1. The number of aromatic nitrogens is 3. The molecule has 32 heavy (non-hydrogen) atoms. The maximum Gasteiger partial charge on any atom is 0.248 e. The standard InChI is InChI=1S/C20H27ClF2N6O2S/c1-13-6-16(21)28-17(13)18(24-12-26-28)27-10-19(11-27)7-15(8-19)29(32(30)31)25-9-14-2-4-20(22,23)5-3-14/h6,12,14-15,25H,2-5,7-11H2,1H3,(H,30,31)/p-1. The number of hydrazine groups is 1. The van der Waals surface area contributed by atoms with Crippen molar-refractivity contribution in [1.29, 1.82) is 0 Å². The second kappa shape index (κ2) is 8.12. The van der Waals surface area contributed by atoms with Gasteiger partial charge in [-0.2, -0.15) is 9.51 Å². The summed E-state index contributed by atoms with van der Waals surface area (Å²) in [5.41, 5.74) is 4.98. The van der Waals surface area contributed by atoms with Crippen LogP contribution < -0.4 is 10.3 Å². The Hall–Kier alpha value is -1.40. The predicted molar refractivity (Wildman–Crippen MR) is 116 cm³/mol. The quantitative estimate of drug-likeness (QED) is 0.497. The summed E-state index contributed by atoms with van der Waals surface area (Å²) in [5.74, 6) is -1.66. The third kappa shape index (κ3) is 4.02. The Morgan fingerprint density at radius 1 is 1.34 bits per heavy atom. The molecule has 8 nitrogen and oxygen atoms in total. The van der Waals surface area contributed by atoms with Gasteiger partial charge in [0.25, 0.3) is 0 Å². The molecule has 0 bridgehead atoms. The van der Waals surface area contributed by atoms with Gasteiger partial charge in [0.15, 0.2) is 5.82 Å². The number of anilines is 1. The predicted octanol–water partition coefficient (Wildman–Crippen LogP) is 3.09. The number of hydrogen-bond donors (Lipinski definition) is 1. The molecule has 1 N–H and O–H groups in total. The maximum atomic E-state index is 13.3. The molecular formula is C20H26ClF2N6O2S-. The third-order valence-electron chi connectivity index (χ3n) is 7.24. The SMILES string of the molecule is Cc1cc(Cl)n2ncnc(N3CC4(CC(N(NCC5CCC(F)(F)CC5)S(=O)[O-])C4)C3)c12. The van der Waals surface area contributed by atoms with Crippen LogP contribution in [0.2, 0.25) is 5.15 Å². The van der Waals surface area contributed by atoms with Crippen LogP contribution >= 0.6 is 11.6 Å². The van der Waals surface area contributed by atoms with Crippen LogP contribution in [0.25, 0.3) is 5.52 Å². The summed E-state index contributed by atoms with van der Waals surface area (Å²) in [4.78, 5) is 6.65. The molecular weight excluding hydrogens is 462 g/mol.